The van der Waals surface area contributed by atoms with Crippen LogP contribution in [0.3, 0.4) is 0 Å². The number of carbonyl (C=O) groups excluding carboxylic acids is 2. The molecule has 126 valence electrons. The number of hydrogen-bond acceptors (Lipinski definition) is 5. The van der Waals surface area contributed by atoms with Crippen molar-refractivity contribution in [2.75, 3.05) is 25.2 Å². The van der Waals surface area contributed by atoms with Crippen molar-refractivity contribution in [3.05, 3.63) is 41.7 Å². The molecule has 0 unspecified atom stereocenters. The fourth-order valence-electron chi connectivity index (χ4n) is 2.63. The maximum atomic E-state index is 12.9. The third-order valence-electron chi connectivity index (χ3n) is 3.96. The van der Waals surface area contributed by atoms with Gasteiger partial charge in [0.2, 0.25) is 5.91 Å². The van der Waals surface area contributed by atoms with E-state index in [2.05, 4.69) is 5.16 Å². The maximum absolute atomic E-state index is 12.9. The Morgan fingerprint density at radius 2 is 2.12 bits per heavy atom. The van der Waals surface area contributed by atoms with Crippen LogP contribution in [-0.2, 0) is 4.79 Å². The lowest BCUT2D eigenvalue weighted by molar-refractivity contribution is -0.127. The summed E-state index contributed by atoms with van der Waals surface area (Å²) in [7, 11) is 1.57. The van der Waals surface area contributed by atoms with Gasteiger partial charge in [0.15, 0.2) is 5.82 Å². The summed E-state index contributed by atoms with van der Waals surface area (Å²) in [4.78, 5) is 27.9. The van der Waals surface area contributed by atoms with Gasteiger partial charge in [-0.25, -0.2) is 0 Å². The first kappa shape index (κ1) is 16.0. The third kappa shape index (κ3) is 3.24. The predicted molar refractivity (Wildman–Crippen MR) is 86.9 cm³/mol. The van der Waals surface area contributed by atoms with Crippen LogP contribution in [0.15, 0.2) is 34.9 Å². The van der Waals surface area contributed by atoms with Gasteiger partial charge in [-0.3, -0.25) is 14.5 Å². The molecule has 1 saturated heterocycles. The van der Waals surface area contributed by atoms with Crippen LogP contribution in [0, 0.1) is 6.92 Å². The van der Waals surface area contributed by atoms with Gasteiger partial charge in [0.1, 0.15) is 18.2 Å². The van der Waals surface area contributed by atoms with E-state index in [4.69, 9.17) is 9.26 Å². The van der Waals surface area contributed by atoms with Crippen molar-refractivity contribution in [3.63, 3.8) is 0 Å². The Hall–Kier alpha value is -2.83. The van der Waals surface area contributed by atoms with Crippen LogP contribution < -0.4 is 9.64 Å². The summed E-state index contributed by atoms with van der Waals surface area (Å²) in [6, 6.07) is 8.50. The Balaban J connectivity index is 1.87. The van der Waals surface area contributed by atoms with Crippen LogP contribution in [0.1, 0.15) is 29.0 Å². The van der Waals surface area contributed by atoms with E-state index in [9.17, 15) is 9.59 Å². The topological polar surface area (TPSA) is 75.9 Å². The van der Waals surface area contributed by atoms with Gasteiger partial charge in [-0.2, -0.15) is 0 Å². The van der Waals surface area contributed by atoms with Crippen LogP contribution in [0.5, 0.6) is 5.75 Å². The van der Waals surface area contributed by atoms with Gasteiger partial charge < -0.3 is 14.2 Å². The summed E-state index contributed by atoms with van der Waals surface area (Å²) in [5, 5.41) is 3.93. The summed E-state index contributed by atoms with van der Waals surface area (Å²) in [5.74, 6) is 1.47. The number of nitrogens with zero attached hydrogens (tertiary/aromatic N) is 3. The van der Waals surface area contributed by atoms with Gasteiger partial charge >= 0.3 is 0 Å². The molecule has 2 amide bonds. The zero-order valence-electron chi connectivity index (χ0n) is 13.7. The lowest BCUT2D eigenvalue weighted by Crippen LogP contribution is -2.42. The number of amides is 2. The number of anilines is 1. The average molecular weight is 329 g/mol. The highest BCUT2D eigenvalue weighted by Gasteiger charge is 2.28. The minimum absolute atomic E-state index is 0.0442. The minimum Gasteiger partial charge on any atom is -0.497 e. The number of ether oxygens (including phenoxy) is 1. The van der Waals surface area contributed by atoms with E-state index in [-0.39, 0.29) is 18.5 Å². The van der Waals surface area contributed by atoms with Crippen molar-refractivity contribution in [3.8, 4) is 5.75 Å². The standard InChI is InChI=1S/C17H19N3O4/c1-12-10-15(18-24-12)20(11-19-9-3-4-16(19)21)17(22)13-5-7-14(23-2)8-6-13/h5-8,10H,3-4,9,11H2,1-2H3. The highest BCUT2D eigenvalue weighted by Crippen LogP contribution is 2.21. The van der Waals surface area contributed by atoms with Crippen molar-refractivity contribution in [2.45, 2.75) is 19.8 Å². The van der Waals surface area contributed by atoms with Gasteiger partial charge in [-0.05, 0) is 37.6 Å². The number of carbonyl (C=O) groups is 2. The molecular weight excluding hydrogens is 310 g/mol. The van der Waals surface area contributed by atoms with Crippen LogP contribution in [0.25, 0.3) is 0 Å². The molecule has 0 saturated carbocycles. The first-order valence-corrected chi connectivity index (χ1v) is 7.75. The maximum Gasteiger partial charge on any atom is 0.261 e. The average Bonchev–Trinajstić information content (AvgIpc) is 3.20. The number of rotatable bonds is 5. The Labute approximate surface area is 139 Å². The van der Waals surface area contributed by atoms with E-state index < -0.39 is 0 Å². The summed E-state index contributed by atoms with van der Waals surface area (Å²) in [6.07, 6.45) is 1.32. The predicted octanol–water partition coefficient (Wildman–Crippen LogP) is 2.22. The second-order valence-electron chi connectivity index (χ2n) is 5.66. The fraction of sp³-hybridized carbons (Fsp3) is 0.353. The molecule has 1 aromatic carbocycles. The fourth-order valence-corrected chi connectivity index (χ4v) is 2.63. The van der Waals surface area contributed by atoms with Crippen LogP contribution in [-0.4, -0.2) is 42.2 Å². The molecule has 7 nitrogen and oxygen atoms in total. The van der Waals surface area contributed by atoms with E-state index in [1.807, 2.05) is 0 Å². The molecule has 0 atom stereocenters. The molecule has 24 heavy (non-hydrogen) atoms. The second-order valence-corrected chi connectivity index (χ2v) is 5.66. The normalized spacial score (nSPS) is 14.1. The largest absolute Gasteiger partial charge is 0.497 e. The number of methoxy groups -OCH3 is 1. The van der Waals surface area contributed by atoms with Gasteiger partial charge in [0.05, 0.1) is 7.11 Å². The highest BCUT2D eigenvalue weighted by atomic mass is 16.5. The number of benzene rings is 1. The van der Waals surface area contributed by atoms with E-state index in [0.717, 1.165) is 6.42 Å². The molecule has 3 rings (SSSR count). The molecule has 2 aromatic rings. The molecule has 0 spiro atoms. The molecule has 0 N–H and O–H groups in total. The lowest BCUT2D eigenvalue weighted by atomic mass is 10.2. The Bertz CT molecular complexity index is 739. The minimum atomic E-state index is -0.245. The lowest BCUT2D eigenvalue weighted by Gasteiger charge is -2.25. The van der Waals surface area contributed by atoms with Crippen molar-refractivity contribution in [2.24, 2.45) is 0 Å². The van der Waals surface area contributed by atoms with Crippen molar-refractivity contribution in [1.29, 1.82) is 0 Å². The Morgan fingerprint density at radius 3 is 2.67 bits per heavy atom. The monoisotopic (exact) mass is 329 g/mol. The van der Waals surface area contributed by atoms with Crippen LogP contribution in [0.2, 0.25) is 0 Å². The zero-order valence-corrected chi connectivity index (χ0v) is 13.7. The second kappa shape index (κ2) is 6.74. The molecule has 1 aliphatic rings. The molecule has 2 heterocycles. The van der Waals surface area contributed by atoms with Crippen LogP contribution in [0.4, 0.5) is 5.82 Å². The Morgan fingerprint density at radius 1 is 1.38 bits per heavy atom. The summed E-state index contributed by atoms with van der Waals surface area (Å²) < 4.78 is 10.2. The van der Waals surface area contributed by atoms with Gasteiger partial charge in [-0.1, -0.05) is 5.16 Å². The number of hydrogen-bond donors (Lipinski definition) is 0. The van der Waals surface area contributed by atoms with E-state index in [0.29, 0.717) is 35.9 Å². The molecule has 0 radical (unpaired) electrons. The van der Waals surface area contributed by atoms with Gasteiger partial charge in [0.25, 0.3) is 5.91 Å². The number of aryl methyl sites for hydroxylation is 1. The van der Waals surface area contributed by atoms with Crippen LogP contribution >= 0.6 is 0 Å². The van der Waals surface area contributed by atoms with Gasteiger partial charge in [-0.15, -0.1) is 0 Å². The first-order valence-electron chi connectivity index (χ1n) is 7.75. The van der Waals surface area contributed by atoms with E-state index in [1.165, 1.54) is 4.90 Å². The first-order chi connectivity index (χ1) is 11.6. The molecule has 1 aromatic heterocycles. The summed E-state index contributed by atoms with van der Waals surface area (Å²) in [6.45, 7) is 2.56. The Kier molecular flexibility index (Phi) is 4.50. The molecule has 0 bridgehead atoms. The third-order valence-corrected chi connectivity index (χ3v) is 3.96. The number of likely N-dealkylation sites (tertiary alicyclic amines) is 1. The molecule has 0 aliphatic carbocycles. The highest BCUT2D eigenvalue weighted by molar-refractivity contribution is 6.05. The van der Waals surface area contributed by atoms with E-state index in [1.54, 1.807) is 49.3 Å². The summed E-state index contributed by atoms with van der Waals surface area (Å²) in [5.41, 5.74) is 0.489. The van der Waals surface area contributed by atoms with Crippen molar-refractivity contribution in [1.82, 2.24) is 10.1 Å². The zero-order chi connectivity index (χ0) is 17.1. The molecule has 1 fully saturated rings. The van der Waals surface area contributed by atoms with Gasteiger partial charge in [0, 0.05) is 24.6 Å². The quantitative estimate of drug-likeness (QED) is 0.841. The SMILES string of the molecule is COc1ccc(C(=O)N(CN2CCCC2=O)c2cc(C)on2)cc1. The molecule has 7 heteroatoms. The van der Waals surface area contributed by atoms with Crippen molar-refractivity contribution < 1.29 is 18.8 Å². The molecular formula is C17H19N3O4. The smallest absolute Gasteiger partial charge is 0.261 e. The summed E-state index contributed by atoms with van der Waals surface area (Å²) >= 11 is 0. The van der Waals surface area contributed by atoms with Crippen molar-refractivity contribution >= 4 is 17.6 Å². The van der Waals surface area contributed by atoms with E-state index >= 15 is 0 Å². The number of aromatic nitrogens is 1. The molecule has 1 aliphatic heterocycles.